The molecular formula is C28H34FN7O3. The third-order valence-corrected chi connectivity index (χ3v) is 8.33. The summed E-state index contributed by atoms with van der Waals surface area (Å²) in [6.07, 6.45) is 6.01. The fourth-order valence-corrected chi connectivity index (χ4v) is 6.13. The molecule has 7 rings (SSSR count). The summed E-state index contributed by atoms with van der Waals surface area (Å²) in [4.78, 5) is 22.6. The van der Waals surface area contributed by atoms with Crippen molar-refractivity contribution in [3.8, 4) is 17.4 Å². The molecule has 1 N–H and O–H groups in total. The Morgan fingerprint density at radius 3 is 2.49 bits per heavy atom. The summed E-state index contributed by atoms with van der Waals surface area (Å²) < 4.78 is 34.7. The van der Waals surface area contributed by atoms with Crippen molar-refractivity contribution in [1.29, 1.82) is 0 Å². The molecule has 3 aliphatic rings. The number of piperidine rings is 1. The topological polar surface area (TPSA) is 93.6 Å². The molecule has 0 bridgehead atoms. The Morgan fingerprint density at radius 2 is 1.69 bits per heavy atom. The molecule has 0 unspecified atom stereocenters. The number of aromatic nitrogens is 5. The van der Waals surface area contributed by atoms with Gasteiger partial charge in [-0.05, 0) is 43.9 Å². The minimum atomic E-state index is -0.357. The number of rotatable bonds is 5. The van der Waals surface area contributed by atoms with Crippen LogP contribution in [0, 0.1) is 5.82 Å². The number of nitrogens with zero attached hydrogens (tertiary/aromatic N) is 6. The SMILES string of the molecule is Cn1c(OC2CCN(C3CCOCC3)CC2)nc2c(N3CCOCC3)nc(-c3c(F)ccc4[nH]ccc34)nc21. The average molecular weight is 536 g/mol. The van der Waals surface area contributed by atoms with Crippen molar-refractivity contribution in [1.82, 2.24) is 29.4 Å². The average Bonchev–Trinajstić information content (AvgIpc) is 3.58. The van der Waals surface area contributed by atoms with E-state index in [1.807, 2.05) is 17.7 Å². The van der Waals surface area contributed by atoms with Crippen molar-refractivity contribution in [3.05, 3.63) is 30.2 Å². The van der Waals surface area contributed by atoms with Crippen LogP contribution in [-0.2, 0) is 16.5 Å². The van der Waals surface area contributed by atoms with Gasteiger partial charge in [0.2, 0.25) is 0 Å². The first-order chi connectivity index (χ1) is 19.2. The summed E-state index contributed by atoms with van der Waals surface area (Å²) in [7, 11) is 1.91. The Hall–Kier alpha value is -3.28. The predicted octanol–water partition coefficient (Wildman–Crippen LogP) is 3.51. The molecule has 1 aromatic carbocycles. The van der Waals surface area contributed by atoms with Gasteiger partial charge < -0.3 is 24.1 Å². The van der Waals surface area contributed by atoms with Gasteiger partial charge in [0.15, 0.2) is 22.8 Å². The molecule has 10 nitrogen and oxygen atoms in total. The molecule has 11 heteroatoms. The highest BCUT2D eigenvalue weighted by Crippen LogP contribution is 2.35. The highest BCUT2D eigenvalue weighted by Gasteiger charge is 2.30. The monoisotopic (exact) mass is 535 g/mol. The molecule has 3 fully saturated rings. The molecular weight excluding hydrogens is 501 g/mol. The van der Waals surface area contributed by atoms with Crippen LogP contribution >= 0.6 is 0 Å². The fraction of sp³-hybridized carbons (Fsp3) is 0.536. The number of ether oxygens (including phenoxy) is 3. The smallest absolute Gasteiger partial charge is 0.298 e. The fourth-order valence-electron chi connectivity index (χ4n) is 6.13. The molecule has 3 saturated heterocycles. The first-order valence-electron chi connectivity index (χ1n) is 14.0. The van der Waals surface area contributed by atoms with Gasteiger partial charge in [0, 0.05) is 69.6 Å². The molecule has 0 spiro atoms. The van der Waals surface area contributed by atoms with Gasteiger partial charge in [0.05, 0.1) is 18.8 Å². The summed E-state index contributed by atoms with van der Waals surface area (Å²) in [6, 6.07) is 6.20. The van der Waals surface area contributed by atoms with Gasteiger partial charge in [0.25, 0.3) is 6.01 Å². The highest BCUT2D eigenvalue weighted by molar-refractivity contribution is 5.95. The van der Waals surface area contributed by atoms with Gasteiger partial charge in [-0.3, -0.25) is 9.47 Å². The van der Waals surface area contributed by atoms with E-state index in [-0.39, 0.29) is 11.9 Å². The lowest BCUT2D eigenvalue weighted by Gasteiger charge is -2.38. The Morgan fingerprint density at radius 1 is 0.923 bits per heavy atom. The molecule has 39 heavy (non-hydrogen) atoms. The van der Waals surface area contributed by atoms with Crippen LogP contribution in [0.2, 0.25) is 0 Å². The maximum atomic E-state index is 15.3. The molecule has 0 amide bonds. The minimum absolute atomic E-state index is 0.0851. The molecule has 206 valence electrons. The zero-order valence-corrected chi connectivity index (χ0v) is 22.2. The number of hydrogen-bond acceptors (Lipinski definition) is 8. The van der Waals surface area contributed by atoms with Crippen LogP contribution in [-0.4, -0.2) is 94.2 Å². The van der Waals surface area contributed by atoms with Crippen LogP contribution in [0.5, 0.6) is 6.01 Å². The van der Waals surface area contributed by atoms with Crippen LogP contribution in [0.15, 0.2) is 24.4 Å². The summed E-state index contributed by atoms with van der Waals surface area (Å²) in [5, 5.41) is 0.747. The van der Waals surface area contributed by atoms with E-state index in [0.717, 1.165) is 62.9 Å². The molecule has 4 aromatic rings. The van der Waals surface area contributed by atoms with Crippen LogP contribution in [0.1, 0.15) is 25.7 Å². The Kier molecular flexibility index (Phi) is 6.57. The van der Waals surface area contributed by atoms with Crippen molar-refractivity contribution in [2.45, 2.75) is 37.8 Å². The number of H-pyrrole nitrogens is 1. The number of aromatic amines is 1. The van der Waals surface area contributed by atoms with Crippen LogP contribution in [0.3, 0.4) is 0 Å². The maximum Gasteiger partial charge on any atom is 0.298 e. The van der Waals surface area contributed by atoms with Crippen molar-refractivity contribution in [2.75, 3.05) is 57.5 Å². The number of imidazole rings is 1. The second kappa shape index (κ2) is 10.4. The van der Waals surface area contributed by atoms with Gasteiger partial charge in [-0.1, -0.05) is 0 Å². The van der Waals surface area contributed by atoms with E-state index in [9.17, 15) is 0 Å². The zero-order chi connectivity index (χ0) is 26.3. The number of morpholine rings is 1. The van der Waals surface area contributed by atoms with Gasteiger partial charge in [-0.25, -0.2) is 14.4 Å². The van der Waals surface area contributed by atoms with E-state index in [1.54, 1.807) is 12.3 Å². The van der Waals surface area contributed by atoms with Crippen LogP contribution < -0.4 is 9.64 Å². The van der Waals surface area contributed by atoms with Crippen LogP contribution in [0.4, 0.5) is 10.2 Å². The van der Waals surface area contributed by atoms with Crippen molar-refractivity contribution in [2.24, 2.45) is 7.05 Å². The first kappa shape index (κ1) is 24.7. The molecule has 0 atom stereocenters. The third kappa shape index (κ3) is 4.62. The summed E-state index contributed by atoms with van der Waals surface area (Å²) >= 11 is 0. The van der Waals surface area contributed by atoms with E-state index in [1.165, 1.54) is 6.07 Å². The largest absolute Gasteiger partial charge is 0.461 e. The standard InChI is InChI=1S/C28H34FN7O3/c1-34-26-24(31-28(34)39-19-5-10-35(11-6-19)18-7-14-37-15-8-18)27(36-12-16-38-17-13-36)33-25(32-26)23-20-4-9-30-22(20)3-2-21(23)29/h2-4,9,18-19,30H,5-8,10-17H2,1H3. The lowest BCUT2D eigenvalue weighted by atomic mass is 10.0. The molecule has 0 radical (unpaired) electrons. The number of likely N-dealkylation sites (tertiary alicyclic amines) is 1. The first-order valence-corrected chi connectivity index (χ1v) is 14.0. The number of nitrogens with one attached hydrogen (secondary N) is 1. The molecule has 3 aliphatic heterocycles. The third-order valence-electron chi connectivity index (χ3n) is 8.33. The lowest BCUT2D eigenvalue weighted by Crippen LogP contribution is -2.46. The molecule has 0 saturated carbocycles. The van der Waals surface area contributed by atoms with Crippen molar-refractivity contribution >= 4 is 27.9 Å². The predicted molar refractivity (Wildman–Crippen MR) is 146 cm³/mol. The molecule has 0 aliphatic carbocycles. The number of aryl methyl sites for hydroxylation is 1. The molecule has 6 heterocycles. The van der Waals surface area contributed by atoms with Crippen molar-refractivity contribution < 1.29 is 18.6 Å². The maximum absolute atomic E-state index is 15.3. The minimum Gasteiger partial charge on any atom is -0.461 e. The van der Waals surface area contributed by atoms with E-state index < -0.39 is 0 Å². The summed E-state index contributed by atoms with van der Waals surface area (Å²) in [6.45, 7) is 6.31. The van der Waals surface area contributed by atoms with Crippen molar-refractivity contribution in [3.63, 3.8) is 0 Å². The summed E-state index contributed by atoms with van der Waals surface area (Å²) in [5.41, 5.74) is 2.51. The van der Waals surface area contributed by atoms with Gasteiger partial charge in [0.1, 0.15) is 11.9 Å². The number of halogens is 1. The van der Waals surface area contributed by atoms with E-state index in [2.05, 4.69) is 14.8 Å². The normalized spacial score (nSPS) is 20.3. The van der Waals surface area contributed by atoms with E-state index >= 15 is 4.39 Å². The second-order valence-corrected chi connectivity index (χ2v) is 10.7. The van der Waals surface area contributed by atoms with Gasteiger partial charge in [-0.2, -0.15) is 4.98 Å². The van der Waals surface area contributed by atoms with Crippen LogP contribution in [0.25, 0.3) is 33.5 Å². The number of benzene rings is 1. The van der Waals surface area contributed by atoms with Gasteiger partial charge in [-0.15, -0.1) is 0 Å². The van der Waals surface area contributed by atoms with E-state index in [4.69, 9.17) is 29.2 Å². The Labute approximate surface area is 226 Å². The number of fused-ring (bicyclic) bond motifs is 2. The Balaban J connectivity index is 1.22. The van der Waals surface area contributed by atoms with E-state index in [0.29, 0.717) is 66.7 Å². The highest BCUT2D eigenvalue weighted by atomic mass is 19.1. The number of anilines is 1. The molecule has 3 aromatic heterocycles. The lowest BCUT2D eigenvalue weighted by molar-refractivity contribution is 0.00836. The quantitative estimate of drug-likeness (QED) is 0.415. The van der Waals surface area contributed by atoms with Gasteiger partial charge >= 0.3 is 0 Å². The zero-order valence-electron chi connectivity index (χ0n) is 22.2. The summed E-state index contributed by atoms with van der Waals surface area (Å²) in [5.74, 6) is 0.667. The number of hydrogen-bond donors (Lipinski definition) is 1. The second-order valence-electron chi connectivity index (χ2n) is 10.7. The Bertz CT molecular complexity index is 1470.